The lowest BCUT2D eigenvalue weighted by Crippen LogP contribution is -2.28. The van der Waals surface area contributed by atoms with Gasteiger partial charge >= 0.3 is 0 Å². The van der Waals surface area contributed by atoms with Gasteiger partial charge in [-0.2, -0.15) is 0 Å². The van der Waals surface area contributed by atoms with E-state index in [-0.39, 0.29) is 0 Å². The van der Waals surface area contributed by atoms with Crippen LogP contribution in [0.5, 0.6) is 0 Å². The molecule has 66 valence electrons. The number of rotatable bonds is 3. The summed E-state index contributed by atoms with van der Waals surface area (Å²) in [5, 5.41) is 19.2. The van der Waals surface area contributed by atoms with Crippen molar-refractivity contribution < 1.29 is 19.8 Å². The fourth-order valence-corrected chi connectivity index (χ4v) is 0.362. The average Bonchev–Trinajstić information content (AvgIpc) is 1.98. The van der Waals surface area contributed by atoms with Crippen LogP contribution < -0.4 is 15.9 Å². The van der Waals surface area contributed by atoms with Gasteiger partial charge in [-0.15, -0.1) is 0 Å². The first-order valence-corrected chi connectivity index (χ1v) is 3.08. The first kappa shape index (κ1) is 10.5. The highest BCUT2D eigenvalue weighted by Gasteiger charge is 1.91. The van der Waals surface area contributed by atoms with Crippen molar-refractivity contribution in [2.24, 2.45) is 5.73 Å². The van der Waals surface area contributed by atoms with Gasteiger partial charge in [-0.3, -0.25) is 0 Å². The Kier molecular flexibility index (Phi) is 3.85. The van der Waals surface area contributed by atoms with Crippen molar-refractivity contribution in [2.75, 3.05) is 0 Å². The first-order valence-electron chi connectivity index (χ1n) is 2.70. The van der Waals surface area contributed by atoms with Crippen molar-refractivity contribution in [2.45, 2.75) is 0 Å². The van der Waals surface area contributed by atoms with Crippen LogP contribution in [0.2, 0.25) is 0 Å². The summed E-state index contributed by atoms with van der Waals surface area (Å²) in [6.07, 6.45) is 1.59. The first-order chi connectivity index (χ1) is 5.45. The second-order valence-electron chi connectivity index (χ2n) is 1.71. The molecule has 0 atom stereocenters. The summed E-state index contributed by atoms with van der Waals surface area (Å²) >= 11 is 5.05. The molecule has 0 heterocycles. The Bertz CT molecular complexity index is 241. The lowest BCUT2D eigenvalue weighted by molar-refractivity contribution is -0.300. The average molecular weight is 190 g/mol. The molecular weight excluding hydrogens is 186 g/mol. The summed E-state index contributed by atoms with van der Waals surface area (Å²) in [7, 11) is 0. The molecule has 2 N–H and O–H groups in total. The summed E-state index contributed by atoms with van der Waals surface area (Å²) < 4.78 is 0. The van der Waals surface area contributed by atoms with Crippen molar-refractivity contribution in [3.63, 3.8) is 0 Å². The van der Waals surface area contributed by atoms with Crippen LogP contribution in [0.25, 0.3) is 0 Å². The predicted octanol–water partition coefficient (Wildman–Crippen LogP) is -2.55. The van der Waals surface area contributed by atoms with Crippen molar-refractivity contribution in [3.8, 4) is 0 Å². The minimum atomic E-state index is -1.61. The molecule has 0 bridgehead atoms. The maximum absolute atomic E-state index is 9.94. The van der Waals surface area contributed by atoms with E-state index in [1.54, 1.807) is 0 Å². The van der Waals surface area contributed by atoms with Crippen LogP contribution >= 0.6 is 11.6 Å². The molecule has 12 heavy (non-hydrogen) atoms. The summed E-state index contributed by atoms with van der Waals surface area (Å²) in [4.78, 5) is 19.9. The van der Waals surface area contributed by atoms with Crippen LogP contribution in [0.1, 0.15) is 0 Å². The third-order valence-electron chi connectivity index (χ3n) is 0.840. The maximum atomic E-state index is 9.94. The Morgan fingerprint density at radius 1 is 1.17 bits per heavy atom. The fraction of sp³-hybridized carbons (Fsp3) is 0. The van der Waals surface area contributed by atoms with Gasteiger partial charge in [0.1, 0.15) is 0 Å². The van der Waals surface area contributed by atoms with Crippen LogP contribution in [-0.4, -0.2) is 11.9 Å². The molecule has 0 aliphatic carbocycles. The molecule has 0 saturated carbocycles. The SMILES string of the molecule is N/C(=C\C=C(/Cl)C(=O)[O-])C(=O)[O-]. The number of halogens is 1. The molecule has 0 spiro atoms. The van der Waals surface area contributed by atoms with E-state index in [0.717, 1.165) is 12.2 Å². The Morgan fingerprint density at radius 2 is 1.67 bits per heavy atom. The molecule has 5 nitrogen and oxygen atoms in total. The number of carboxylic acid groups (broad SMARTS) is 2. The molecule has 0 unspecified atom stereocenters. The quantitative estimate of drug-likeness (QED) is 0.389. The smallest absolute Gasteiger partial charge is 0.0872 e. The zero-order chi connectivity index (χ0) is 9.72. The topological polar surface area (TPSA) is 106 Å². The molecular formula is C6H4ClNO4-2. The molecule has 0 aromatic carbocycles. The van der Waals surface area contributed by atoms with Gasteiger partial charge in [-0.25, -0.2) is 0 Å². The number of carbonyl (C=O) groups is 2. The van der Waals surface area contributed by atoms with E-state index in [1.165, 1.54) is 0 Å². The van der Waals surface area contributed by atoms with Gasteiger partial charge in [0, 0.05) is 0 Å². The number of hydrogen-bond donors (Lipinski definition) is 1. The number of carboxylic acids is 2. The van der Waals surface area contributed by atoms with Crippen molar-refractivity contribution >= 4 is 23.5 Å². The second-order valence-corrected chi connectivity index (χ2v) is 2.12. The Hall–Kier alpha value is -1.49. The maximum Gasteiger partial charge on any atom is 0.0872 e. The Balaban J connectivity index is 4.48. The largest absolute Gasteiger partial charge is 0.544 e. The number of hydrogen-bond acceptors (Lipinski definition) is 5. The van der Waals surface area contributed by atoms with Crippen molar-refractivity contribution in [1.29, 1.82) is 0 Å². The highest BCUT2D eigenvalue weighted by atomic mass is 35.5. The van der Waals surface area contributed by atoms with Gasteiger partial charge in [0.2, 0.25) is 0 Å². The third kappa shape index (κ3) is 3.62. The standard InChI is InChI=1S/C6H6ClNO4/c7-3(5(9)10)1-2-4(8)6(11)12/h1-2H,8H2,(H,9,10)(H,11,12)/p-2/b3-1-,4-2-. The van der Waals surface area contributed by atoms with Gasteiger partial charge in [0.25, 0.3) is 0 Å². The van der Waals surface area contributed by atoms with Crippen LogP contribution in [0, 0.1) is 0 Å². The van der Waals surface area contributed by atoms with Gasteiger partial charge in [-0.05, 0) is 12.2 Å². The van der Waals surface area contributed by atoms with E-state index < -0.39 is 22.7 Å². The third-order valence-corrected chi connectivity index (χ3v) is 1.12. The van der Waals surface area contributed by atoms with Crippen molar-refractivity contribution in [3.05, 3.63) is 22.9 Å². The highest BCUT2D eigenvalue weighted by molar-refractivity contribution is 6.40. The van der Waals surface area contributed by atoms with E-state index in [9.17, 15) is 19.8 Å². The lowest BCUT2D eigenvalue weighted by atomic mass is 10.4. The zero-order valence-corrected chi connectivity index (χ0v) is 6.50. The van der Waals surface area contributed by atoms with E-state index in [2.05, 4.69) is 0 Å². The summed E-state index contributed by atoms with van der Waals surface area (Å²) in [6, 6.07) is 0. The van der Waals surface area contributed by atoms with Gasteiger partial charge in [-0.1, -0.05) is 11.6 Å². The van der Waals surface area contributed by atoms with E-state index in [1.807, 2.05) is 0 Å². The molecule has 0 amide bonds. The molecule has 0 aliphatic rings. The number of nitrogens with two attached hydrogens (primary N) is 1. The summed E-state index contributed by atoms with van der Waals surface area (Å²) in [6.45, 7) is 0. The van der Waals surface area contributed by atoms with Crippen LogP contribution in [0.15, 0.2) is 22.9 Å². The zero-order valence-electron chi connectivity index (χ0n) is 5.74. The van der Waals surface area contributed by atoms with E-state index in [4.69, 9.17) is 17.3 Å². The van der Waals surface area contributed by atoms with E-state index >= 15 is 0 Å². The number of carbonyl (C=O) groups excluding carboxylic acids is 2. The number of allylic oxidation sites excluding steroid dienone is 2. The van der Waals surface area contributed by atoms with E-state index in [0.29, 0.717) is 0 Å². The van der Waals surface area contributed by atoms with Gasteiger partial charge in [0.15, 0.2) is 0 Å². The molecule has 0 aromatic rings. The van der Waals surface area contributed by atoms with Crippen LogP contribution in [0.4, 0.5) is 0 Å². The van der Waals surface area contributed by atoms with Crippen molar-refractivity contribution in [1.82, 2.24) is 0 Å². The normalized spacial score (nSPS) is 12.8. The summed E-state index contributed by atoms with van der Waals surface area (Å²) in [5.41, 5.74) is 4.23. The minimum Gasteiger partial charge on any atom is -0.544 e. The lowest BCUT2D eigenvalue weighted by Gasteiger charge is -2.00. The molecule has 0 radical (unpaired) electrons. The predicted molar refractivity (Wildman–Crippen MR) is 36.2 cm³/mol. The van der Waals surface area contributed by atoms with Crippen LogP contribution in [-0.2, 0) is 9.59 Å². The monoisotopic (exact) mass is 189 g/mol. The second kappa shape index (κ2) is 4.40. The summed E-state index contributed by atoms with van der Waals surface area (Å²) in [5.74, 6) is -3.21. The Labute approximate surface area is 72.7 Å². The van der Waals surface area contributed by atoms with Gasteiger partial charge in [0.05, 0.1) is 22.7 Å². The molecule has 0 saturated heterocycles. The van der Waals surface area contributed by atoms with Crippen LogP contribution in [0.3, 0.4) is 0 Å². The van der Waals surface area contributed by atoms with Gasteiger partial charge < -0.3 is 25.5 Å². The minimum absolute atomic E-state index is 0.616. The number of aliphatic carboxylic acids is 2. The highest BCUT2D eigenvalue weighted by Crippen LogP contribution is 1.99. The molecule has 6 heteroatoms. The molecule has 0 fully saturated rings. The molecule has 0 rings (SSSR count). The Morgan fingerprint density at radius 3 is 2.00 bits per heavy atom. The molecule has 0 aromatic heterocycles. The fourth-order valence-electron chi connectivity index (χ4n) is 0.299. The molecule has 0 aliphatic heterocycles.